The lowest BCUT2D eigenvalue weighted by atomic mass is 9.78. The van der Waals surface area contributed by atoms with Crippen LogP contribution in [-0.2, 0) is 17.4 Å². The van der Waals surface area contributed by atoms with Crippen molar-refractivity contribution in [3.63, 3.8) is 0 Å². The quantitative estimate of drug-likeness (QED) is 0.633. The molecule has 104 valence electrons. The smallest absolute Gasteiger partial charge is 0.123 e. The van der Waals surface area contributed by atoms with Gasteiger partial charge in [-0.1, -0.05) is 41.5 Å². The molecular formula is C16H23NOS. The molecule has 0 atom stereocenters. The van der Waals surface area contributed by atoms with Crippen LogP contribution in [0.3, 0.4) is 0 Å². The molecular weight excluding hydrogens is 254 g/mol. The van der Waals surface area contributed by atoms with Crippen LogP contribution >= 0.6 is 12.2 Å². The lowest BCUT2D eigenvalue weighted by molar-refractivity contribution is 0.422. The maximum absolute atomic E-state index is 10.5. The summed E-state index contributed by atoms with van der Waals surface area (Å²) in [6, 6.07) is 4.03. The van der Waals surface area contributed by atoms with Crippen LogP contribution in [0.15, 0.2) is 17.1 Å². The summed E-state index contributed by atoms with van der Waals surface area (Å²) in [5, 5.41) is 12.9. The topological polar surface area (TPSA) is 32.6 Å². The zero-order valence-electron chi connectivity index (χ0n) is 12.7. The number of phenolic OH excluding ortho intramolecular Hbond substituents is 1. The first-order chi connectivity index (χ1) is 8.57. The van der Waals surface area contributed by atoms with E-state index in [1.165, 1.54) is 0 Å². The summed E-state index contributed by atoms with van der Waals surface area (Å²) in [7, 11) is 0. The highest BCUT2D eigenvalue weighted by Crippen LogP contribution is 2.39. The number of nitrogens with zero attached hydrogens (tertiary/aromatic N) is 1. The van der Waals surface area contributed by atoms with E-state index in [9.17, 15) is 5.11 Å². The molecule has 2 nitrogen and oxygen atoms in total. The zero-order valence-corrected chi connectivity index (χ0v) is 13.5. The first kappa shape index (κ1) is 15.9. The molecule has 0 fully saturated rings. The van der Waals surface area contributed by atoms with E-state index in [4.69, 9.17) is 0 Å². The number of benzene rings is 1. The molecule has 1 aromatic rings. The minimum atomic E-state index is -0.110. The van der Waals surface area contributed by atoms with Crippen molar-refractivity contribution in [1.29, 1.82) is 0 Å². The molecule has 0 aliphatic carbocycles. The van der Waals surface area contributed by atoms with E-state index in [0.29, 0.717) is 12.3 Å². The maximum atomic E-state index is 10.5. The number of rotatable bonds is 2. The van der Waals surface area contributed by atoms with Crippen LogP contribution in [0.1, 0.15) is 58.2 Å². The van der Waals surface area contributed by atoms with Crippen LogP contribution < -0.4 is 0 Å². The van der Waals surface area contributed by atoms with Crippen LogP contribution in [0.5, 0.6) is 5.75 Å². The summed E-state index contributed by atoms with van der Waals surface area (Å²) in [5.74, 6) is 0.398. The van der Waals surface area contributed by atoms with E-state index in [1.54, 1.807) is 0 Å². The Bertz CT molecular complexity index is 480. The third-order valence-corrected chi connectivity index (χ3v) is 3.24. The standard InChI is InChI=1S/C16H23NOS/c1-15(2,3)12-7-11(9-17-10-19)8-13(14(12)18)16(4,5)6/h7-8,18H,9H2,1-6H3. The molecule has 0 aromatic heterocycles. The van der Waals surface area contributed by atoms with Gasteiger partial charge in [0.2, 0.25) is 0 Å². The normalized spacial score (nSPS) is 12.1. The van der Waals surface area contributed by atoms with E-state index in [0.717, 1.165) is 16.7 Å². The molecule has 0 aliphatic heterocycles. The maximum Gasteiger partial charge on any atom is 0.123 e. The molecule has 0 saturated carbocycles. The number of aliphatic imine (C=N–C) groups is 1. The Morgan fingerprint density at radius 2 is 1.47 bits per heavy atom. The molecule has 19 heavy (non-hydrogen) atoms. The molecule has 0 unspecified atom stereocenters. The van der Waals surface area contributed by atoms with Crippen LogP contribution in [0.2, 0.25) is 0 Å². The fraction of sp³-hybridized carbons (Fsp3) is 0.562. The molecule has 0 spiro atoms. The van der Waals surface area contributed by atoms with Gasteiger partial charge >= 0.3 is 0 Å². The molecule has 0 heterocycles. The van der Waals surface area contributed by atoms with E-state index in [-0.39, 0.29) is 10.8 Å². The lowest BCUT2D eigenvalue weighted by Gasteiger charge is -2.28. The minimum Gasteiger partial charge on any atom is -0.507 e. The molecule has 3 heteroatoms. The van der Waals surface area contributed by atoms with Gasteiger partial charge in [0.15, 0.2) is 0 Å². The van der Waals surface area contributed by atoms with Crippen LogP contribution in [0.25, 0.3) is 0 Å². The molecule has 0 amide bonds. The monoisotopic (exact) mass is 277 g/mol. The van der Waals surface area contributed by atoms with Crippen molar-refractivity contribution >= 4 is 17.4 Å². The summed E-state index contributed by atoms with van der Waals surface area (Å²) in [6.07, 6.45) is 0. The van der Waals surface area contributed by atoms with Crippen LogP contribution in [0.4, 0.5) is 0 Å². The van der Waals surface area contributed by atoms with Crippen molar-refractivity contribution in [2.75, 3.05) is 0 Å². The summed E-state index contributed by atoms with van der Waals surface area (Å²) in [5.41, 5.74) is 2.75. The summed E-state index contributed by atoms with van der Waals surface area (Å²) in [4.78, 5) is 4.00. The largest absolute Gasteiger partial charge is 0.507 e. The van der Waals surface area contributed by atoms with Crippen molar-refractivity contribution in [2.45, 2.75) is 58.9 Å². The van der Waals surface area contributed by atoms with E-state index in [2.05, 4.69) is 63.9 Å². The predicted octanol–water partition coefficient (Wildman–Crippen LogP) is 4.59. The van der Waals surface area contributed by atoms with Gasteiger partial charge in [-0.2, -0.15) is 0 Å². The van der Waals surface area contributed by atoms with Crippen molar-refractivity contribution in [3.05, 3.63) is 28.8 Å². The zero-order chi connectivity index (χ0) is 14.8. The molecule has 0 saturated heterocycles. The second kappa shape index (κ2) is 5.44. The molecule has 1 rings (SSSR count). The average molecular weight is 277 g/mol. The summed E-state index contributed by atoms with van der Waals surface area (Å²) < 4.78 is 0. The van der Waals surface area contributed by atoms with Crippen LogP contribution in [-0.4, -0.2) is 10.3 Å². The van der Waals surface area contributed by atoms with Crippen molar-refractivity contribution in [3.8, 4) is 5.75 Å². The second-order valence-corrected chi connectivity index (χ2v) is 7.13. The lowest BCUT2D eigenvalue weighted by Crippen LogP contribution is -2.17. The Hall–Kier alpha value is -1.18. The molecule has 0 radical (unpaired) electrons. The van der Waals surface area contributed by atoms with Crippen molar-refractivity contribution < 1.29 is 5.11 Å². The van der Waals surface area contributed by atoms with Gasteiger partial charge < -0.3 is 5.11 Å². The Morgan fingerprint density at radius 3 is 1.79 bits per heavy atom. The predicted molar refractivity (Wildman–Crippen MR) is 84.2 cm³/mol. The van der Waals surface area contributed by atoms with E-state index >= 15 is 0 Å². The highest BCUT2D eigenvalue weighted by Gasteiger charge is 2.26. The molecule has 0 bridgehead atoms. The first-order valence-electron chi connectivity index (χ1n) is 6.48. The second-order valence-electron chi connectivity index (χ2n) is 6.95. The molecule has 0 aliphatic rings. The van der Waals surface area contributed by atoms with Gasteiger partial charge in [0, 0.05) is 0 Å². The van der Waals surface area contributed by atoms with Crippen LogP contribution in [0, 0.1) is 0 Å². The van der Waals surface area contributed by atoms with E-state index < -0.39 is 0 Å². The third kappa shape index (κ3) is 3.89. The highest BCUT2D eigenvalue weighted by molar-refractivity contribution is 7.78. The fourth-order valence-corrected chi connectivity index (χ4v) is 2.12. The van der Waals surface area contributed by atoms with Gasteiger partial charge in [-0.25, -0.2) is 4.99 Å². The Kier molecular flexibility index (Phi) is 4.54. The Balaban J connectivity index is 3.52. The van der Waals surface area contributed by atoms with E-state index in [1.807, 2.05) is 12.1 Å². The van der Waals surface area contributed by atoms with Gasteiger partial charge in [0.25, 0.3) is 0 Å². The number of hydrogen-bond donors (Lipinski definition) is 1. The van der Waals surface area contributed by atoms with Crippen molar-refractivity contribution in [1.82, 2.24) is 0 Å². The first-order valence-corrected chi connectivity index (χ1v) is 6.88. The average Bonchev–Trinajstić information content (AvgIpc) is 2.24. The SMILES string of the molecule is CC(C)(C)c1cc(CN=C=S)cc(C(C)(C)C)c1O. The number of aromatic hydroxyl groups is 1. The minimum absolute atomic E-state index is 0.110. The summed E-state index contributed by atoms with van der Waals surface area (Å²) >= 11 is 4.62. The third-order valence-electron chi connectivity index (χ3n) is 3.11. The van der Waals surface area contributed by atoms with Gasteiger partial charge in [-0.3, -0.25) is 0 Å². The Labute approximate surface area is 121 Å². The molecule has 1 aromatic carbocycles. The van der Waals surface area contributed by atoms with Gasteiger partial charge in [0.1, 0.15) is 5.75 Å². The van der Waals surface area contributed by atoms with Gasteiger partial charge in [0.05, 0.1) is 11.7 Å². The van der Waals surface area contributed by atoms with Crippen molar-refractivity contribution in [2.24, 2.45) is 4.99 Å². The number of hydrogen-bond acceptors (Lipinski definition) is 3. The van der Waals surface area contributed by atoms with Gasteiger partial charge in [-0.05, 0) is 51.9 Å². The van der Waals surface area contributed by atoms with Gasteiger partial charge in [-0.15, -0.1) is 0 Å². The summed E-state index contributed by atoms with van der Waals surface area (Å²) in [6.45, 7) is 13.1. The Morgan fingerprint density at radius 1 is 1.05 bits per heavy atom. The molecule has 1 N–H and O–H groups in total. The fourth-order valence-electron chi connectivity index (χ4n) is 2.05. The number of thiocarbonyl (C=S) groups is 1. The highest BCUT2D eigenvalue weighted by atomic mass is 32.1. The number of phenols is 1. The number of isothiocyanates is 1.